The summed E-state index contributed by atoms with van der Waals surface area (Å²) >= 11 is 1.38. The van der Waals surface area contributed by atoms with Crippen molar-refractivity contribution in [2.75, 3.05) is 19.7 Å². The number of ether oxygens (including phenoxy) is 1. The van der Waals surface area contributed by atoms with Crippen LogP contribution in [0.15, 0.2) is 46.4 Å². The number of thioether (sulfide) groups is 1. The van der Waals surface area contributed by atoms with Crippen LogP contribution < -0.4 is 0 Å². The molecule has 0 bridgehead atoms. The lowest BCUT2D eigenvalue weighted by Crippen LogP contribution is -2.39. The van der Waals surface area contributed by atoms with Crippen LogP contribution in [0.1, 0.15) is 25.3 Å². The zero-order valence-corrected chi connectivity index (χ0v) is 16.9. The number of benzene rings is 1. The zero-order chi connectivity index (χ0) is 20.2. The van der Waals surface area contributed by atoms with Gasteiger partial charge in [-0.1, -0.05) is 30.3 Å². The number of H-pyrrole nitrogens is 1. The molecule has 1 aromatic carbocycles. The lowest BCUT2D eigenvalue weighted by atomic mass is 9.97. The van der Waals surface area contributed by atoms with E-state index in [9.17, 15) is 9.59 Å². The number of esters is 1. The molecule has 1 fully saturated rings. The third-order valence-electron chi connectivity index (χ3n) is 5.01. The fourth-order valence-electron chi connectivity index (χ4n) is 3.48. The molecule has 4 rings (SSSR count). The first-order chi connectivity index (χ1) is 14.2. The molecule has 0 unspecified atom stereocenters. The number of carbonyl (C=O) groups excluding carboxylic acids is 2. The maximum atomic E-state index is 12.5. The highest BCUT2D eigenvalue weighted by molar-refractivity contribution is 8.18. The van der Waals surface area contributed by atoms with Gasteiger partial charge in [0.15, 0.2) is 5.17 Å². The summed E-state index contributed by atoms with van der Waals surface area (Å²) in [4.78, 5) is 31.2. The molecule has 2 aliphatic heterocycles. The normalized spacial score (nSPS) is 18.9. The molecule has 0 atom stereocenters. The Hall–Kier alpha value is -2.87. The number of aliphatic imine (C=N–C) groups is 1. The summed E-state index contributed by atoms with van der Waals surface area (Å²) in [6, 6.07) is 9.87. The van der Waals surface area contributed by atoms with Crippen molar-refractivity contribution in [3.8, 4) is 11.3 Å². The Labute approximate surface area is 173 Å². The molecule has 1 saturated heterocycles. The van der Waals surface area contributed by atoms with Crippen LogP contribution >= 0.6 is 11.8 Å². The summed E-state index contributed by atoms with van der Waals surface area (Å²) in [5.41, 5.74) is 2.73. The maximum absolute atomic E-state index is 12.5. The fraction of sp³-hybridized carbons (Fsp3) is 0.333. The average Bonchev–Trinajstić information content (AvgIpc) is 3.36. The number of hydrogen-bond donors (Lipinski definition) is 1. The van der Waals surface area contributed by atoms with E-state index in [0.717, 1.165) is 16.8 Å². The van der Waals surface area contributed by atoms with E-state index in [2.05, 4.69) is 20.1 Å². The third-order valence-corrected chi connectivity index (χ3v) is 6.06. The van der Waals surface area contributed by atoms with Crippen LogP contribution in [-0.4, -0.2) is 51.8 Å². The molecule has 2 aliphatic rings. The van der Waals surface area contributed by atoms with Crippen molar-refractivity contribution in [1.29, 1.82) is 0 Å². The van der Waals surface area contributed by atoms with Crippen molar-refractivity contribution in [3.63, 3.8) is 0 Å². The molecule has 8 heteroatoms. The molecule has 7 nitrogen and oxygen atoms in total. The molecule has 1 N–H and O–H groups in total. The van der Waals surface area contributed by atoms with E-state index in [4.69, 9.17) is 4.74 Å². The van der Waals surface area contributed by atoms with Crippen LogP contribution in [0.5, 0.6) is 0 Å². The second kappa shape index (κ2) is 8.65. The number of carbonyl (C=O) groups is 2. The van der Waals surface area contributed by atoms with Crippen LogP contribution in [0, 0.1) is 5.92 Å². The summed E-state index contributed by atoms with van der Waals surface area (Å²) in [6.07, 6.45) is 4.98. The number of aromatic amines is 1. The van der Waals surface area contributed by atoms with E-state index in [1.54, 1.807) is 6.20 Å². The van der Waals surface area contributed by atoms with Gasteiger partial charge in [0.25, 0.3) is 5.91 Å². The summed E-state index contributed by atoms with van der Waals surface area (Å²) in [6.45, 7) is 3.61. The Bertz CT molecular complexity index is 959. The van der Waals surface area contributed by atoms with Crippen molar-refractivity contribution >= 4 is 34.9 Å². The maximum Gasteiger partial charge on any atom is 0.309 e. The lowest BCUT2D eigenvalue weighted by Gasteiger charge is -2.31. The molecule has 0 radical (unpaired) electrons. The minimum Gasteiger partial charge on any atom is -0.466 e. The SMILES string of the molecule is CCOC(=O)C1CCN(C2=NC(=O)C(=Cc3cn[nH]c3-c3ccccc3)S2)CC1. The number of amidine groups is 1. The number of piperidine rings is 1. The largest absolute Gasteiger partial charge is 0.466 e. The molecule has 3 heterocycles. The minimum atomic E-state index is -0.238. The van der Waals surface area contributed by atoms with Gasteiger partial charge in [0, 0.05) is 24.2 Å². The van der Waals surface area contributed by atoms with Gasteiger partial charge in [0.05, 0.1) is 29.3 Å². The van der Waals surface area contributed by atoms with E-state index in [1.165, 1.54) is 11.8 Å². The molecule has 1 amide bonds. The third kappa shape index (κ3) is 4.27. The minimum absolute atomic E-state index is 0.0664. The summed E-state index contributed by atoms with van der Waals surface area (Å²) < 4.78 is 5.12. The van der Waals surface area contributed by atoms with Gasteiger partial charge in [-0.3, -0.25) is 14.7 Å². The molecule has 0 saturated carbocycles. The molecule has 150 valence electrons. The Balaban J connectivity index is 1.43. The van der Waals surface area contributed by atoms with Crippen LogP contribution in [0.4, 0.5) is 0 Å². The highest BCUT2D eigenvalue weighted by atomic mass is 32.2. The van der Waals surface area contributed by atoms with E-state index >= 15 is 0 Å². The highest BCUT2D eigenvalue weighted by Crippen LogP contribution is 2.33. The summed E-state index contributed by atoms with van der Waals surface area (Å²) in [5.74, 6) is -0.431. The predicted molar refractivity (Wildman–Crippen MR) is 113 cm³/mol. The zero-order valence-electron chi connectivity index (χ0n) is 16.1. The van der Waals surface area contributed by atoms with Crippen LogP contribution in [0.3, 0.4) is 0 Å². The number of hydrogen-bond acceptors (Lipinski definition) is 6. The van der Waals surface area contributed by atoms with E-state index in [0.29, 0.717) is 42.6 Å². The van der Waals surface area contributed by atoms with E-state index < -0.39 is 0 Å². The second-order valence-corrected chi connectivity index (χ2v) is 7.90. The monoisotopic (exact) mass is 410 g/mol. The first-order valence-electron chi connectivity index (χ1n) is 9.68. The van der Waals surface area contributed by atoms with Gasteiger partial charge in [-0.2, -0.15) is 10.1 Å². The van der Waals surface area contributed by atoms with E-state index in [1.807, 2.05) is 43.3 Å². The van der Waals surface area contributed by atoms with Crippen molar-refractivity contribution in [3.05, 3.63) is 47.0 Å². The van der Waals surface area contributed by atoms with Gasteiger partial charge in [0.1, 0.15) is 0 Å². The van der Waals surface area contributed by atoms with Gasteiger partial charge in [-0.05, 0) is 37.6 Å². The first-order valence-corrected chi connectivity index (χ1v) is 10.5. The Morgan fingerprint density at radius 2 is 2.07 bits per heavy atom. The van der Waals surface area contributed by atoms with Gasteiger partial charge in [-0.25, -0.2) is 0 Å². The standard InChI is InChI=1S/C21H22N4O3S/c1-2-28-20(27)15-8-10-25(11-9-15)21-23-19(26)17(29-21)12-16-13-22-24-18(16)14-6-4-3-5-7-14/h3-7,12-13,15H,2,8-11H2,1H3,(H,22,24). The van der Waals surface area contributed by atoms with Crippen molar-refractivity contribution < 1.29 is 14.3 Å². The van der Waals surface area contributed by atoms with Gasteiger partial charge in [0.2, 0.25) is 0 Å². The van der Waals surface area contributed by atoms with Crippen LogP contribution in [0.25, 0.3) is 17.3 Å². The predicted octanol–water partition coefficient (Wildman–Crippen LogP) is 3.32. The smallest absolute Gasteiger partial charge is 0.309 e. The van der Waals surface area contributed by atoms with Crippen LogP contribution in [-0.2, 0) is 14.3 Å². The molecule has 0 spiro atoms. The number of rotatable bonds is 4. The highest BCUT2D eigenvalue weighted by Gasteiger charge is 2.31. The Morgan fingerprint density at radius 1 is 1.31 bits per heavy atom. The average molecular weight is 410 g/mol. The topological polar surface area (TPSA) is 87.7 Å². The number of likely N-dealkylation sites (tertiary alicyclic amines) is 1. The molecule has 1 aromatic heterocycles. The number of nitrogens with one attached hydrogen (secondary N) is 1. The quantitative estimate of drug-likeness (QED) is 0.615. The molecular weight excluding hydrogens is 388 g/mol. The van der Waals surface area contributed by atoms with E-state index in [-0.39, 0.29) is 17.8 Å². The van der Waals surface area contributed by atoms with Gasteiger partial charge in [-0.15, -0.1) is 0 Å². The Kier molecular flexibility index (Phi) is 5.80. The number of aromatic nitrogens is 2. The molecule has 0 aliphatic carbocycles. The van der Waals surface area contributed by atoms with Crippen molar-refractivity contribution in [1.82, 2.24) is 15.1 Å². The first kappa shape index (κ1) is 19.4. The summed E-state index contributed by atoms with van der Waals surface area (Å²) in [7, 11) is 0. The number of nitrogens with zero attached hydrogens (tertiary/aromatic N) is 3. The summed E-state index contributed by atoms with van der Waals surface area (Å²) in [5, 5.41) is 7.84. The lowest BCUT2D eigenvalue weighted by molar-refractivity contribution is -0.149. The fourth-order valence-corrected chi connectivity index (χ4v) is 4.44. The van der Waals surface area contributed by atoms with Crippen molar-refractivity contribution in [2.45, 2.75) is 19.8 Å². The second-order valence-electron chi connectivity index (χ2n) is 6.89. The van der Waals surface area contributed by atoms with Crippen LogP contribution in [0.2, 0.25) is 0 Å². The number of amides is 1. The molecule has 2 aromatic rings. The molecular formula is C21H22N4O3S. The van der Waals surface area contributed by atoms with Crippen molar-refractivity contribution in [2.24, 2.45) is 10.9 Å². The van der Waals surface area contributed by atoms with Gasteiger partial charge >= 0.3 is 5.97 Å². The van der Waals surface area contributed by atoms with Gasteiger partial charge < -0.3 is 9.64 Å². The Morgan fingerprint density at radius 3 is 2.79 bits per heavy atom. The molecule has 29 heavy (non-hydrogen) atoms.